The van der Waals surface area contributed by atoms with Gasteiger partial charge in [0.25, 0.3) is 0 Å². The number of terminal acetylenes is 1. The lowest BCUT2D eigenvalue weighted by molar-refractivity contribution is 0.353. The van der Waals surface area contributed by atoms with Crippen molar-refractivity contribution in [1.82, 2.24) is 5.32 Å². The number of hydrogen-bond donors (Lipinski definition) is 2. The zero-order chi connectivity index (χ0) is 14.4. The summed E-state index contributed by atoms with van der Waals surface area (Å²) < 4.78 is 11.5. The van der Waals surface area contributed by atoms with E-state index in [4.69, 9.17) is 21.6 Å². The minimum absolute atomic E-state index is 0.0553. The van der Waals surface area contributed by atoms with Crippen LogP contribution in [-0.2, 0) is 0 Å². The zero-order valence-electron chi connectivity index (χ0n) is 11.4. The first-order chi connectivity index (χ1) is 9.07. The Morgan fingerprint density at radius 3 is 2.42 bits per heavy atom. The lowest BCUT2D eigenvalue weighted by Crippen LogP contribution is -2.34. The van der Waals surface area contributed by atoms with Gasteiger partial charge in [-0.3, -0.25) is 5.32 Å². The lowest BCUT2D eigenvalue weighted by atomic mass is 10.1. The average Bonchev–Trinajstić information content (AvgIpc) is 2.44. The van der Waals surface area contributed by atoms with Crippen LogP contribution < -0.4 is 20.5 Å². The molecular weight excluding hydrogens is 308 g/mol. The first-order valence-corrected chi connectivity index (χ1v) is 6.70. The van der Waals surface area contributed by atoms with E-state index in [1.54, 1.807) is 14.2 Å². The van der Waals surface area contributed by atoms with Crippen molar-refractivity contribution >= 4 is 15.9 Å². The largest absolute Gasteiger partial charge is 0.493 e. The molecule has 0 saturated heterocycles. The molecular formula is C14H19BrN2O2. The van der Waals surface area contributed by atoms with E-state index in [-0.39, 0.29) is 12.1 Å². The highest BCUT2D eigenvalue weighted by Gasteiger charge is 2.18. The van der Waals surface area contributed by atoms with Crippen molar-refractivity contribution in [3.8, 4) is 23.8 Å². The Hall–Kier alpha value is -1.22. The predicted octanol–water partition coefficient (Wildman–Crippen LogP) is 2.08. The standard InChI is InChI=1S/C14H19BrN2O2/c1-5-9(2)17-12(8-16)10-6-13(18-3)14(19-4)7-11(10)15/h1,6-7,9,12,17H,8,16H2,2-4H3. The quantitative estimate of drug-likeness (QED) is 0.786. The van der Waals surface area contributed by atoms with Crippen molar-refractivity contribution in [1.29, 1.82) is 0 Å². The van der Waals surface area contributed by atoms with Gasteiger partial charge < -0.3 is 15.2 Å². The van der Waals surface area contributed by atoms with Gasteiger partial charge >= 0.3 is 0 Å². The van der Waals surface area contributed by atoms with Gasteiger partial charge in [0.1, 0.15) is 0 Å². The Morgan fingerprint density at radius 1 is 1.37 bits per heavy atom. The van der Waals surface area contributed by atoms with E-state index < -0.39 is 0 Å². The summed E-state index contributed by atoms with van der Waals surface area (Å²) in [5.74, 6) is 3.96. The van der Waals surface area contributed by atoms with Gasteiger partial charge in [-0.05, 0) is 24.6 Å². The van der Waals surface area contributed by atoms with Crippen molar-refractivity contribution in [3.05, 3.63) is 22.2 Å². The maximum atomic E-state index is 5.81. The maximum absolute atomic E-state index is 5.81. The molecule has 0 radical (unpaired) electrons. The van der Waals surface area contributed by atoms with E-state index in [9.17, 15) is 0 Å². The summed E-state index contributed by atoms with van der Waals surface area (Å²) in [6.45, 7) is 2.34. The van der Waals surface area contributed by atoms with Crippen molar-refractivity contribution in [2.24, 2.45) is 5.73 Å². The van der Waals surface area contributed by atoms with Crippen LogP contribution in [0.5, 0.6) is 11.5 Å². The van der Waals surface area contributed by atoms with Crippen LogP contribution in [0.15, 0.2) is 16.6 Å². The summed E-state index contributed by atoms with van der Waals surface area (Å²) in [4.78, 5) is 0. The molecule has 0 bridgehead atoms. The number of halogens is 1. The molecule has 19 heavy (non-hydrogen) atoms. The molecule has 2 unspecified atom stereocenters. The summed E-state index contributed by atoms with van der Waals surface area (Å²) in [5.41, 5.74) is 6.80. The number of nitrogens with one attached hydrogen (secondary N) is 1. The monoisotopic (exact) mass is 326 g/mol. The SMILES string of the molecule is C#CC(C)NC(CN)c1cc(OC)c(OC)cc1Br. The summed E-state index contributed by atoms with van der Waals surface area (Å²) in [7, 11) is 3.20. The smallest absolute Gasteiger partial charge is 0.161 e. The molecule has 0 aliphatic heterocycles. The van der Waals surface area contributed by atoms with Gasteiger partial charge in [-0.2, -0.15) is 0 Å². The third kappa shape index (κ3) is 3.87. The summed E-state index contributed by atoms with van der Waals surface area (Å²) in [5, 5.41) is 3.27. The normalized spacial score (nSPS) is 13.5. The topological polar surface area (TPSA) is 56.5 Å². The molecule has 1 aromatic carbocycles. The van der Waals surface area contributed by atoms with E-state index in [1.807, 2.05) is 19.1 Å². The van der Waals surface area contributed by atoms with Gasteiger partial charge in [-0.1, -0.05) is 21.9 Å². The molecule has 2 atom stereocenters. The van der Waals surface area contributed by atoms with Crippen LogP contribution in [0.3, 0.4) is 0 Å². The first kappa shape index (κ1) is 15.8. The number of nitrogens with two attached hydrogens (primary N) is 1. The molecule has 0 aliphatic rings. The van der Waals surface area contributed by atoms with Crippen LogP contribution in [0.25, 0.3) is 0 Å². The Kier molecular flexibility index (Phi) is 6.16. The Labute approximate surface area is 122 Å². The maximum Gasteiger partial charge on any atom is 0.161 e. The number of rotatable bonds is 6. The van der Waals surface area contributed by atoms with Crippen LogP contribution in [-0.4, -0.2) is 26.8 Å². The third-order valence-electron chi connectivity index (χ3n) is 2.82. The van der Waals surface area contributed by atoms with E-state index in [1.165, 1.54) is 0 Å². The lowest BCUT2D eigenvalue weighted by Gasteiger charge is -2.22. The van der Waals surface area contributed by atoms with E-state index in [0.717, 1.165) is 10.0 Å². The minimum atomic E-state index is -0.0615. The molecule has 0 aliphatic carbocycles. The summed E-state index contributed by atoms with van der Waals surface area (Å²) in [6.07, 6.45) is 5.38. The number of methoxy groups -OCH3 is 2. The second-order valence-corrected chi connectivity index (χ2v) is 4.93. The van der Waals surface area contributed by atoms with E-state index in [2.05, 4.69) is 27.2 Å². The minimum Gasteiger partial charge on any atom is -0.493 e. The molecule has 0 saturated carbocycles. The van der Waals surface area contributed by atoms with Crippen LogP contribution in [0, 0.1) is 12.3 Å². The van der Waals surface area contributed by atoms with Crippen LogP contribution in [0.2, 0.25) is 0 Å². The van der Waals surface area contributed by atoms with Crippen LogP contribution in [0.4, 0.5) is 0 Å². The third-order valence-corrected chi connectivity index (χ3v) is 3.50. The zero-order valence-corrected chi connectivity index (χ0v) is 13.0. The highest BCUT2D eigenvalue weighted by atomic mass is 79.9. The molecule has 104 valence electrons. The predicted molar refractivity (Wildman–Crippen MR) is 80.5 cm³/mol. The fraction of sp³-hybridized carbons (Fsp3) is 0.429. The molecule has 0 amide bonds. The highest BCUT2D eigenvalue weighted by molar-refractivity contribution is 9.10. The highest BCUT2D eigenvalue weighted by Crippen LogP contribution is 2.35. The molecule has 0 spiro atoms. The summed E-state index contributed by atoms with van der Waals surface area (Å²) >= 11 is 3.52. The molecule has 5 heteroatoms. The van der Waals surface area contributed by atoms with Gasteiger partial charge in [0.2, 0.25) is 0 Å². The molecule has 0 heterocycles. The average molecular weight is 327 g/mol. The Bertz CT molecular complexity index is 471. The van der Waals surface area contributed by atoms with E-state index >= 15 is 0 Å². The van der Waals surface area contributed by atoms with Gasteiger partial charge in [-0.25, -0.2) is 0 Å². The number of ether oxygens (including phenoxy) is 2. The van der Waals surface area contributed by atoms with Crippen molar-refractivity contribution in [2.75, 3.05) is 20.8 Å². The van der Waals surface area contributed by atoms with Crippen molar-refractivity contribution in [2.45, 2.75) is 19.0 Å². The van der Waals surface area contributed by atoms with Gasteiger partial charge in [0.05, 0.1) is 20.3 Å². The molecule has 1 aromatic rings. The fourth-order valence-corrected chi connectivity index (χ4v) is 2.37. The molecule has 3 N–H and O–H groups in total. The fourth-order valence-electron chi connectivity index (χ4n) is 1.77. The molecule has 0 aromatic heterocycles. The Balaban J connectivity index is 3.13. The first-order valence-electron chi connectivity index (χ1n) is 5.91. The van der Waals surface area contributed by atoms with Crippen LogP contribution >= 0.6 is 15.9 Å². The van der Waals surface area contributed by atoms with Crippen molar-refractivity contribution < 1.29 is 9.47 Å². The van der Waals surface area contributed by atoms with Crippen molar-refractivity contribution in [3.63, 3.8) is 0 Å². The Morgan fingerprint density at radius 2 is 1.95 bits per heavy atom. The molecule has 1 rings (SSSR count). The number of hydrogen-bond acceptors (Lipinski definition) is 4. The van der Waals surface area contributed by atoms with Gasteiger partial charge in [0.15, 0.2) is 11.5 Å². The second-order valence-electron chi connectivity index (χ2n) is 4.07. The number of benzene rings is 1. The van der Waals surface area contributed by atoms with Gasteiger partial charge in [-0.15, -0.1) is 6.42 Å². The second kappa shape index (κ2) is 7.39. The molecule has 0 fully saturated rings. The summed E-state index contributed by atoms with van der Waals surface area (Å²) in [6, 6.07) is 3.64. The molecule has 4 nitrogen and oxygen atoms in total. The van der Waals surface area contributed by atoms with Crippen LogP contribution in [0.1, 0.15) is 18.5 Å². The van der Waals surface area contributed by atoms with E-state index in [0.29, 0.717) is 18.0 Å². The van der Waals surface area contributed by atoms with Gasteiger partial charge in [0, 0.05) is 17.1 Å².